The first kappa shape index (κ1) is 68.1. The monoisotopic (exact) mass is 993 g/mol. The van der Waals surface area contributed by atoms with Crippen LogP contribution in [-0.2, 0) is 28.6 Å². The van der Waals surface area contributed by atoms with E-state index in [4.69, 9.17) is 14.2 Å². The largest absolute Gasteiger partial charge is 0.462 e. The van der Waals surface area contributed by atoms with Gasteiger partial charge in [0.2, 0.25) is 0 Å². The smallest absolute Gasteiger partial charge is 0.306 e. The zero-order chi connectivity index (χ0) is 51.4. The quantitative estimate of drug-likeness (QED) is 0.0261. The minimum atomic E-state index is -0.775. The third-order valence-electron chi connectivity index (χ3n) is 13.5. The number of carbonyl (C=O) groups is 3. The standard InChI is InChI=1S/C65H116O6/c1-4-7-10-13-16-19-21-23-25-27-29-31-32-34-35-37-39-41-43-46-49-52-55-58-64(67)70-61-62(60-69-63(66)57-54-51-48-45-18-15-12-9-6-3)71-65(68)59-56-53-50-47-44-42-40-38-36-33-30-28-26-24-22-20-17-14-11-8-5-2/h7,10,16,19,23,25,29,31,34-35,62H,4-6,8-9,11-15,17-18,20-22,24,26-28,30,32-33,36-61H2,1-3H3/b10-7-,19-16-,25-23-,31-29-,35-34-. The van der Waals surface area contributed by atoms with Gasteiger partial charge in [0.15, 0.2) is 6.10 Å². The van der Waals surface area contributed by atoms with Crippen LogP contribution in [0.2, 0.25) is 0 Å². The van der Waals surface area contributed by atoms with E-state index < -0.39 is 6.10 Å². The number of hydrogen-bond acceptors (Lipinski definition) is 6. The van der Waals surface area contributed by atoms with E-state index in [0.29, 0.717) is 19.3 Å². The van der Waals surface area contributed by atoms with Gasteiger partial charge in [-0.1, -0.05) is 293 Å². The molecule has 0 aliphatic rings. The molecule has 0 aliphatic heterocycles. The summed E-state index contributed by atoms with van der Waals surface area (Å²) in [6.07, 6.45) is 75.2. The molecular weight excluding hydrogens is 877 g/mol. The number of hydrogen-bond donors (Lipinski definition) is 0. The van der Waals surface area contributed by atoms with Crippen molar-refractivity contribution in [2.24, 2.45) is 0 Å². The Kier molecular flexibility index (Phi) is 57.2. The molecule has 0 aromatic rings. The second-order valence-electron chi connectivity index (χ2n) is 20.6. The van der Waals surface area contributed by atoms with Crippen molar-refractivity contribution >= 4 is 17.9 Å². The highest BCUT2D eigenvalue weighted by Gasteiger charge is 2.19. The van der Waals surface area contributed by atoms with Gasteiger partial charge < -0.3 is 14.2 Å². The van der Waals surface area contributed by atoms with E-state index >= 15 is 0 Å². The summed E-state index contributed by atoms with van der Waals surface area (Å²) in [4.78, 5) is 38.1. The Hall–Kier alpha value is -2.89. The topological polar surface area (TPSA) is 78.9 Å². The van der Waals surface area contributed by atoms with Crippen molar-refractivity contribution in [3.05, 3.63) is 60.8 Å². The van der Waals surface area contributed by atoms with Gasteiger partial charge in [-0.2, -0.15) is 0 Å². The van der Waals surface area contributed by atoms with E-state index in [1.807, 2.05) is 0 Å². The highest BCUT2D eigenvalue weighted by atomic mass is 16.6. The van der Waals surface area contributed by atoms with Crippen molar-refractivity contribution in [1.82, 2.24) is 0 Å². The number of rotatable bonds is 56. The van der Waals surface area contributed by atoms with Crippen LogP contribution >= 0.6 is 0 Å². The summed E-state index contributed by atoms with van der Waals surface area (Å²) in [5, 5.41) is 0. The molecule has 0 radical (unpaired) electrons. The Morgan fingerprint density at radius 2 is 0.549 bits per heavy atom. The Bertz CT molecular complexity index is 1280. The first-order chi connectivity index (χ1) is 35.0. The number of ether oxygens (including phenoxy) is 3. The fourth-order valence-electron chi connectivity index (χ4n) is 8.94. The molecule has 0 aliphatic carbocycles. The van der Waals surface area contributed by atoms with E-state index in [0.717, 1.165) is 96.3 Å². The minimum absolute atomic E-state index is 0.0737. The van der Waals surface area contributed by atoms with Crippen LogP contribution in [0.4, 0.5) is 0 Å². The molecule has 0 aromatic carbocycles. The lowest BCUT2D eigenvalue weighted by Crippen LogP contribution is -2.30. The Morgan fingerprint density at radius 1 is 0.296 bits per heavy atom. The van der Waals surface area contributed by atoms with Crippen LogP contribution < -0.4 is 0 Å². The summed E-state index contributed by atoms with van der Waals surface area (Å²) < 4.78 is 16.9. The van der Waals surface area contributed by atoms with Crippen LogP contribution in [0.25, 0.3) is 0 Å². The SMILES string of the molecule is CC/C=C\C/C=C\C/C=C\C/C=C\C/C=C\CCCCCCCCCC(=O)OCC(COC(=O)CCCCCCCCCCC)OC(=O)CCCCCCCCCCCCCCCCCCCCCCC. The van der Waals surface area contributed by atoms with Gasteiger partial charge in [-0.3, -0.25) is 14.4 Å². The summed E-state index contributed by atoms with van der Waals surface area (Å²) in [5.41, 5.74) is 0. The summed E-state index contributed by atoms with van der Waals surface area (Å²) in [6, 6.07) is 0. The van der Waals surface area contributed by atoms with Gasteiger partial charge in [-0.15, -0.1) is 0 Å². The molecule has 0 bridgehead atoms. The molecule has 0 N–H and O–H groups in total. The van der Waals surface area contributed by atoms with Crippen LogP contribution in [0.15, 0.2) is 60.8 Å². The van der Waals surface area contributed by atoms with Crippen molar-refractivity contribution in [1.29, 1.82) is 0 Å². The molecule has 71 heavy (non-hydrogen) atoms. The highest BCUT2D eigenvalue weighted by Crippen LogP contribution is 2.17. The van der Waals surface area contributed by atoms with Crippen molar-refractivity contribution < 1.29 is 28.6 Å². The summed E-state index contributed by atoms with van der Waals surface area (Å²) >= 11 is 0. The van der Waals surface area contributed by atoms with Gasteiger partial charge in [0.1, 0.15) is 13.2 Å². The molecule has 0 heterocycles. The fraction of sp³-hybridized carbons (Fsp3) is 0.800. The average Bonchev–Trinajstić information content (AvgIpc) is 3.37. The van der Waals surface area contributed by atoms with Gasteiger partial charge >= 0.3 is 17.9 Å². The van der Waals surface area contributed by atoms with Gasteiger partial charge in [-0.25, -0.2) is 0 Å². The third kappa shape index (κ3) is 57.9. The first-order valence-electron chi connectivity index (χ1n) is 30.8. The number of esters is 3. The molecule has 6 nitrogen and oxygen atoms in total. The molecule has 0 saturated heterocycles. The average molecular weight is 994 g/mol. The molecule has 0 spiro atoms. The minimum Gasteiger partial charge on any atom is -0.462 e. The molecule has 1 unspecified atom stereocenters. The van der Waals surface area contributed by atoms with Gasteiger partial charge in [0.05, 0.1) is 0 Å². The van der Waals surface area contributed by atoms with Gasteiger partial charge in [0, 0.05) is 19.3 Å². The normalized spacial score (nSPS) is 12.4. The lowest BCUT2D eigenvalue weighted by molar-refractivity contribution is -0.167. The Morgan fingerprint density at radius 3 is 0.859 bits per heavy atom. The van der Waals surface area contributed by atoms with Crippen LogP contribution in [0, 0.1) is 0 Å². The van der Waals surface area contributed by atoms with Gasteiger partial charge in [0.25, 0.3) is 0 Å². The van der Waals surface area contributed by atoms with E-state index in [9.17, 15) is 14.4 Å². The Labute approximate surface area is 440 Å². The first-order valence-corrected chi connectivity index (χ1v) is 30.8. The van der Waals surface area contributed by atoms with E-state index in [1.54, 1.807) is 0 Å². The maximum absolute atomic E-state index is 12.9. The predicted molar refractivity (Wildman–Crippen MR) is 307 cm³/mol. The third-order valence-corrected chi connectivity index (χ3v) is 13.5. The van der Waals surface area contributed by atoms with Crippen molar-refractivity contribution in [3.8, 4) is 0 Å². The Balaban J connectivity index is 4.24. The van der Waals surface area contributed by atoms with Crippen LogP contribution in [0.3, 0.4) is 0 Å². The predicted octanol–water partition coefficient (Wildman–Crippen LogP) is 20.8. The molecular formula is C65H116O6. The fourth-order valence-corrected chi connectivity index (χ4v) is 8.94. The molecule has 0 fully saturated rings. The highest BCUT2D eigenvalue weighted by molar-refractivity contribution is 5.71. The second kappa shape index (κ2) is 59.7. The van der Waals surface area contributed by atoms with Crippen molar-refractivity contribution in [3.63, 3.8) is 0 Å². The zero-order valence-electron chi connectivity index (χ0n) is 47.2. The van der Waals surface area contributed by atoms with E-state index in [-0.39, 0.29) is 31.1 Å². The number of allylic oxidation sites excluding steroid dienone is 10. The zero-order valence-corrected chi connectivity index (χ0v) is 47.2. The van der Waals surface area contributed by atoms with Crippen molar-refractivity contribution in [2.45, 2.75) is 322 Å². The summed E-state index contributed by atoms with van der Waals surface area (Å²) in [7, 11) is 0. The van der Waals surface area contributed by atoms with Crippen LogP contribution in [0.5, 0.6) is 0 Å². The molecule has 412 valence electrons. The van der Waals surface area contributed by atoms with Gasteiger partial charge in [-0.05, 0) is 64.2 Å². The lowest BCUT2D eigenvalue weighted by Gasteiger charge is -2.18. The summed E-state index contributed by atoms with van der Waals surface area (Å²) in [6.45, 7) is 6.54. The van der Waals surface area contributed by atoms with E-state index in [1.165, 1.54) is 180 Å². The molecule has 0 rings (SSSR count). The molecule has 1 atom stereocenters. The summed E-state index contributed by atoms with van der Waals surface area (Å²) in [5.74, 6) is -0.871. The van der Waals surface area contributed by atoms with E-state index in [2.05, 4.69) is 81.5 Å². The van der Waals surface area contributed by atoms with Crippen molar-refractivity contribution in [2.75, 3.05) is 13.2 Å². The molecule has 0 amide bonds. The number of carbonyl (C=O) groups excluding carboxylic acids is 3. The molecule has 0 saturated carbocycles. The number of unbranched alkanes of at least 4 members (excludes halogenated alkanes) is 35. The molecule has 6 heteroatoms. The maximum atomic E-state index is 12.9. The maximum Gasteiger partial charge on any atom is 0.306 e. The van der Waals surface area contributed by atoms with Crippen LogP contribution in [-0.4, -0.2) is 37.2 Å². The molecule has 0 aromatic heterocycles. The second-order valence-corrected chi connectivity index (χ2v) is 20.6. The lowest BCUT2D eigenvalue weighted by atomic mass is 10.0. The van der Waals surface area contributed by atoms with Crippen LogP contribution in [0.1, 0.15) is 316 Å².